The fourth-order valence-corrected chi connectivity index (χ4v) is 3.45. The number of ether oxygens (including phenoxy) is 1. The predicted octanol–water partition coefficient (Wildman–Crippen LogP) is 2.85. The van der Waals surface area contributed by atoms with Gasteiger partial charge in [0.25, 0.3) is 0 Å². The third-order valence-electron chi connectivity index (χ3n) is 4.10. The molecular formula is C17H26N6OSi. The van der Waals surface area contributed by atoms with Crippen LogP contribution >= 0.6 is 0 Å². The van der Waals surface area contributed by atoms with Crippen molar-refractivity contribution in [2.24, 2.45) is 0 Å². The van der Waals surface area contributed by atoms with Crippen molar-refractivity contribution in [2.75, 3.05) is 13.7 Å². The maximum Gasteiger partial charge on any atom is 0.145 e. The van der Waals surface area contributed by atoms with Gasteiger partial charge in [-0.25, -0.2) is 9.97 Å². The first-order valence-electron chi connectivity index (χ1n) is 8.55. The van der Waals surface area contributed by atoms with Crippen molar-refractivity contribution in [3.63, 3.8) is 0 Å². The van der Waals surface area contributed by atoms with Gasteiger partial charge < -0.3 is 14.6 Å². The molecule has 7 nitrogen and oxygen atoms in total. The third kappa shape index (κ3) is 4.14. The van der Waals surface area contributed by atoms with Crippen molar-refractivity contribution in [1.82, 2.24) is 30.0 Å². The molecular weight excluding hydrogens is 332 g/mol. The first kappa shape index (κ1) is 17.8. The average molecular weight is 359 g/mol. The molecule has 0 aliphatic rings. The monoisotopic (exact) mass is 358 g/mol. The lowest BCUT2D eigenvalue weighted by atomic mass is 10.1. The number of aromatic amines is 1. The Morgan fingerprint density at radius 3 is 2.88 bits per heavy atom. The van der Waals surface area contributed by atoms with Gasteiger partial charge in [-0.15, -0.1) is 0 Å². The molecule has 25 heavy (non-hydrogen) atoms. The van der Waals surface area contributed by atoms with Crippen LogP contribution in [-0.4, -0.2) is 46.5 Å². The van der Waals surface area contributed by atoms with Crippen LogP contribution in [0, 0.1) is 0 Å². The number of nitrogens with one attached hydrogen (secondary N) is 2. The standard InChI is InChI=1S/C17H26N6OSi/c1-18-10-15-14(9-21-22-15)16-13-5-6-23(17(13)20-11-19-16)12-24-7-8-25(2,3)4/h5-6,9,11,18H,7-8,10,12H2,1-4H3,(H,21,22). The Hall–Kier alpha value is -2.03. The number of fused-ring (bicyclic) bond motifs is 1. The lowest BCUT2D eigenvalue weighted by Gasteiger charge is -2.15. The molecule has 3 heterocycles. The SMILES string of the molecule is CNCc1n[nH]cc1-c1ncnc2c1ccn2COCC[Si](C)(C)C. The molecule has 0 saturated heterocycles. The van der Waals surface area contributed by atoms with E-state index in [2.05, 4.69) is 45.1 Å². The number of rotatable bonds is 8. The first-order valence-corrected chi connectivity index (χ1v) is 12.3. The summed E-state index contributed by atoms with van der Waals surface area (Å²) in [7, 11) is 0.836. The van der Waals surface area contributed by atoms with Gasteiger partial charge in [0.05, 0.1) is 11.4 Å². The summed E-state index contributed by atoms with van der Waals surface area (Å²) in [5.41, 5.74) is 3.72. The highest BCUT2D eigenvalue weighted by Gasteiger charge is 2.15. The highest BCUT2D eigenvalue weighted by Crippen LogP contribution is 2.27. The van der Waals surface area contributed by atoms with Crippen LogP contribution in [0.4, 0.5) is 0 Å². The van der Waals surface area contributed by atoms with Crippen molar-refractivity contribution in [3.8, 4) is 11.3 Å². The number of hydrogen-bond donors (Lipinski definition) is 2. The van der Waals surface area contributed by atoms with Crippen LogP contribution in [0.2, 0.25) is 25.7 Å². The van der Waals surface area contributed by atoms with Gasteiger partial charge in [0.2, 0.25) is 0 Å². The summed E-state index contributed by atoms with van der Waals surface area (Å²) in [6.07, 6.45) is 5.50. The van der Waals surface area contributed by atoms with Gasteiger partial charge >= 0.3 is 0 Å². The second kappa shape index (κ2) is 7.47. The molecule has 0 radical (unpaired) electrons. The molecule has 8 heteroatoms. The first-order chi connectivity index (χ1) is 12.0. The molecule has 0 atom stereocenters. The molecule has 0 spiro atoms. The van der Waals surface area contributed by atoms with E-state index in [9.17, 15) is 0 Å². The topological polar surface area (TPSA) is 80.7 Å². The number of H-pyrrole nitrogens is 1. The van der Waals surface area contributed by atoms with Crippen LogP contribution in [0.25, 0.3) is 22.3 Å². The number of nitrogens with zero attached hydrogens (tertiary/aromatic N) is 4. The van der Waals surface area contributed by atoms with Gasteiger partial charge in [-0.1, -0.05) is 19.6 Å². The number of hydrogen-bond acceptors (Lipinski definition) is 5. The van der Waals surface area contributed by atoms with Crippen LogP contribution < -0.4 is 5.32 Å². The van der Waals surface area contributed by atoms with E-state index in [0.29, 0.717) is 13.3 Å². The maximum absolute atomic E-state index is 5.86. The lowest BCUT2D eigenvalue weighted by Crippen LogP contribution is -2.22. The Bertz CT molecular complexity index is 835. The minimum Gasteiger partial charge on any atom is -0.361 e. The fraction of sp³-hybridized carbons (Fsp3) is 0.471. The van der Waals surface area contributed by atoms with Crippen LogP contribution in [-0.2, 0) is 18.0 Å². The number of aromatic nitrogens is 5. The second-order valence-corrected chi connectivity index (χ2v) is 13.0. The Morgan fingerprint density at radius 1 is 1.28 bits per heavy atom. The van der Waals surface area contributed by atoms with E-state index >= 15 is 0 Å². The minimum absolute atomic E-state index is 0.513. The zero-order valence-electron chi connectivity index (χ0n) is 15.3. The second-order valence-electron chi connectivity index (χ2n) is 7.37. The Labute approximate surface area is 148 Å². The van der Waals surface area contributed by atoms with E-state index in [1.54, 1.807) is 6.33 Å². The van der Waals surface area contributed by atoms with E-state index in [4.69, 9.17) is 4.74 Å². The average Bonchev–Trinajstić information content (AvgIpc) is 3.18. The summed E-state index contributed by atoms with van der Waals surface area (Å²) >= 11 is 0. The summed E-state index contributed by atoms with van der Waals surface area (Å²) in [6.45, 7) is 9.06. The van der Waals surface area contributed by atoms with Crippen LogP contribution in [0.1, 0.15) is 5.69 Å². The molecule has 3 aromatic rings. The fourth-order valence-electron chi connectivity index (χ4n) is 2.69. The van der Waals surface area contributed by atoms with Gasteiger partial charge in [-0.3, -0.25) is 5.10 Å². The molecule has 2 N–H and O–H groups in total. The van der Waals surface area contributed by atoms with E-state index in [0.717, 1.165) is 40.6 Å². The minimum atomic E-state index is -1.07. The Kier molecular flexibility index (Phi) is 5.31. The van der Waals surface area contributed by atoms with Crippen molar-refractivity contribution in [3.05, 3.63) is 30.5 Å². The van der Waals surface area contributed by atoms with Crippen molar-refractivity contribution in [2.45, 2.75) is 39.0 Å². The zero-order chi connectivity index (χ0) is 17.9. The summed E-state index contributed by atoms with van der Waals surface area (Å²) in [4.78, 5) is 8.94. The molecule has 0 aliphatic carbocycles. The van der Waals surface area contributed by atoms with E-state index in [1.165, 1.54) is 0 Å². The maximum atomic E-state index is 5.86. The van der Waals surface area contributed by atoms with Crippen molar-refractivity contribution in [1.29, 1.82) is 0 Å². The van der Waals surface area contributed by atoms with Crippen LogP contribution in [0.5, 0.6) is 0 Å². The predicted molar refractivity (Wildman–Crippen MR) is 102 cm³/mol. The molecule has 3 rings (SSSR count). The molecule has 0 aliphatic heterocycles. The zero-order valence-corrected chi connectivity index (χ0v) is 16.3. The summed E-state index contributed by atoms with van der Waals surface area (Å²) in [5, 5.41) is 11.4. The lowest BCUT2D eigenvalue weighted by molar-refractivity contribution is 0.0899. The van der Waals surface area contributed by atoms with E-state index in [1.807, 2.05) is 30.1 Å². The van der Waals surface area contributed by atoms with E-state index < -0.39 is 8.07 Å². The molecule has 134 valence electrons. The Balaban J connectivity index is 1.82. The summed E-state index contributed by atoms with van der Waals surface area (Å²) < 4.78 is 7.89. The highest BCUT2D eigenvalue weighted by atomic mass is 28.3. The molecule has 0 unspecified atom stereocenters. The van der Waals surface area contributed by atoms with Crippen LogP contribution in [0.3, 0.4) is 0 Å². The molecule has 0 amide bonds. The van der Waals surface area contributed by atoms with Gasteiger partial charge in [-0.05, 0) is 19.2 Å². The normalized spacial score (nSPS) is 12.2. The molecule has 0 fully saturated rings. The molecule has 0 aromatic carbocycles. The Morgan fingerprint density at radius 2 is 2.12 bits per heavy atom. The van der Waals surface area contributed by atoms with Gasteiger partial charge in [-0.2, -0.15) is 5.10 Å². The molecule has 0 saturated carbocycles. The quantitative estimate of drug-likeness (QED) is 0.478. The smallest absolute Gasteiger partial charge is 0.145 e. The van der Waals surface area contributed by atoms with E-state index in [-0.39, 0.29) is 0 Å². The van der Waals surface area contributed by atoms with Crippen LogP contribution in [0.15, 0.2) is 24.8 Å². The van der Waals surface area contributed by atoms with Crippen molar-refractivity contribution >= 4 is 19.1 Å². The summed E-state index contributed by atoms with van der Waals surface area (Å²) in [5.74, 6) is 0. The van der Waals surface area contributed by atoms with Gasteiger partial charge in [0.1, 0.15) is 18.7 Å². The molecule has 3 aromatic heterocycles. The summed E-state index contributed by atoms with van der Waals surface area (Å²) in [6, 6.07) is 3.21. The molecule has 0 bridgehead atoms. The largest absolute Gasteiger partial charge is 0.361 e. The highest BCUT2D eigenvalue weighted by molar-refractivity contribution is 6.76. The third-order valence-corrected chi connectivity index (χ3v) is 5.81. The van der Waals surface area contributed by atoms with Gasteiger partial charge in [0, 0.05) is 44.6 Å². The van der Waals surface area contributed by atoms with Gasteiger partial charge in [0.15, 0.2) is 0 Å². The van der Waals surface area contributed by atoms with Crippen molar-refractivity contribution < 1.29 is 4.74 Å².